The maximum absolute atomic E-state index is 13.9. The molecule has 5 nitrogen and oxygen atoms in total. The fraction of sp³-hybridized carbons (Fsp3) is 0.154. The van der Waals surface area contributed by atoms with Crippen molar-refractivity contribution in [1.82, 2.24) is 9.78 Å². The van der Waals surface area contributed by atoms with Crippen LogP contribution in [-0.4, -0.2) is 21.4 Å². The maximum Gasteiger partial charge on any atom is 0.346 e. The minimum Gasteiger partial charge on any atom is -0.487 e. The number of nitrogens with zero attached hydrogens (tertiary/aromatic N) is 2. The summed E-state index contributed by atoms with van der Waals surface area (Å²) in [5.41, 5.74) is 3.53. The summed E-state index contributed by atoms with van der Waals surface area (Å²) in [6.45, 7) is 4.03. The summed E-state index contributed by atoms with van der Waals surface area (Å²) in [5, 5.41) is 7.28. The number of rotatable bonds is 3. The van der Waals surface area contributed by atoms with Crippen LogP contribution >= 0.6 is 0 Å². The maximum atomic E-state index is 13.9. The Morgan fingerprint density at radius 3 is 2.55 bits per heavy atom. The summed E-state index contributed by atoms with van der Waals surface area (Å²) < 4.78 is 34.4. The van der Waals surface area contributed by atoms with Gasteiger partial charge in [0.05, 0.1) is 0 Å². The molecule has 1 aromatic heterocycles. The van der Waals surface area contributed by atoms with E-state index in [0.717, 1.165) is 17.7 Å². The minimum atomic E-state index is -0.473. The van der Waals surface area contributed by atoms with E-state index in [9.17, 15) is 13.6 Å². The Hall–Kier alpha value is -4.00. The van der Waals surface area contributed by atoms with E-state index in [1.165, 1.54) is 28.9 Å². The second kappa shape index (κ2) is 7.85. The summed E-state index contributed by atoms with van der Waals surface area (Å²) in [5.74, 6) is 0.0175. The van der Waals surface area contributed by atoms with Gasteiger partial charge in [0.1, 0.15) is 28.7 Å². The Morgan fingerprint density at radius 1 is 1.00 bits per heavy atom. The number of benzene rings is 3. The molecule has 4 aromatic rings. The van der Waals surface area contributed by atoms with E-state index in [-0.39, 0.29) is 11.4 Å². The highest BCUT2D eigenvalue weighted by molar-refractivity contribution is 5.93. The van der Waals surface area contributed by atoms with Crippen molar-refractivity contribution in [2.75, 3.05) is 5.32 Å². The van der Waals surface area contributed by atoms with E-state index in [1.54, 1.807) is 36.5 Å². The zero-order valence-electron chi connectivity index (χ0n) is 18.1. The van der Waals surface area contributed by atoms with Gasteiger partial charge in [-0.1, -0.05) is 24.3 Å². The first-order chi connectivity index (χ1) is 15.8. The number of ether oxygens (including phenoxy) is 1. The molecule has 2 heterocycles. The predicted molar refractivity (Wildman–Crippen MR) is 122 cm³/mol. The van der Waals surface area contributed by atoms with Gasteiger partial charge in [0, 0.05) is 35.0 Å². The largest absolute Gasteiger partial charge is 0.487 e. The van der Waals surface area contributed by atoms with Crippen molar-refractivity contribution < 1.29 is 18.3 Å². The third kappa shape index (κ3) is 4.22. The number of fused-ring (bicyclic) bond motifs is 1. The Morgan fingerprint density at radius 2 is 1.79 bits per heavy atom. The first-order valence-corrected chi connectivity index (χ1v) is 10.5. The molecule has 0 spiro atoms. The minimum absolute atomic E-state index is 0.281. The number of halogens is 2. The molecule has 3 aromatic carbocycles. The van der Waals surface area contributed by atoms with Crippen molar-refractivity contribution in [3.05, 3.63) is 90.1 Å². The third-order valence-corrected chi connectivity index (χ3v) is 5.49. The average Bonchev–Trinajstić information content (AvgIpc) is 3.34. The van der Waals surface area contributed by atoms with Gasteiger partial charge in [0.15, 0.2) is 0 Å². The van der Waals surface area contributed by atoms with E-state index in [2.05, 4.69) is 10.4 Å². The number of aromatic nitrogens is 2. The monoisotopic (exact) mass is 445 g/mol. The van der Waals surface area contributed by atoms with E-state index >= 15 is 0 Å². The molecule has 0 radical (unpaired) electrons. The summed E-state index contributed by atoms with van der Waals surface area (Å²) in [6, 6.07) is 16.9. The van der Waals surface area contributed by atoms with Gasteiger partial charge in [-0.15, -0.1) is 0 Å². The first-order valence-electron chi connectivity index (χ1n) is 10.5. The highest BCUT2D eigenvalue weighted by Gasteiger charge is 2.30. The molecule has 0 fully saturated rings. The Bertz CT molecular complexity index is 1360. The molecule has 1 aliphatic rings. The lowest BCUT2D eigenvalue weighted by Gasteiger charge is -2.16. The lowest BCUT2D eigenvalue weighted by Crippen LogP contribution is -2.24. The molecular formula is C26H21F2N3O2. The van der Waals surface area contributed by atoms with Crippen LogP contribution in [0.3, 0.4) is 0 Å². The van der Waals surface area contributed by atoms with Crippen LogP contribution in [0, 0.1) is 11.6 Å². The van der Waals surface area contributed by atoms with Crippen LogP contribution in [0.2, 0.25) is 0 Å². The van der Waals surface area contributed by atoms with Gasteiger partial charge < -0.3 is 10.1 Å². The number of carbonyl (C=O) groups is 1. The first kappa shape index (κ1) is 20.9. The van der Waals surface area contributed by atoms with Gasteiger partial charge in [-0.2, -0.15) is 9.78 Å². The number of amides is 1. The molecule has 0 saturated heterocycles. The van der Waals surface area contributed by atoms with Crippen LogP contribution in [0.15, 0.2) is 72.9 Å². The molecule has 1 aliphatic heterocycles. The summed E-state index contributed by atoms with van der Waals surface area (Å²) in [6.07, 6.45) is 2.30. The summed E-state index contributed by atoms with van der Waals surface area (Å²) in [7, 11) is 0. The lowest BCUT2D eigenvalue weighted by molar-refractivity contribution is 0.138. The molecule has 0 atom stereocenters. The van der Waals surface area contributed by atoms with Crippen LogP contribution in [0.25, 0.3) is 22.4 Å². The van der Waals surface area contributed by atoms with Gasteiger partial charge in [-0.05, 0) is 61.9 Å². The third-order valence-electron chi connectivity index (χ3n) is 5.49. The van der Waals surface area contributed by atoms with Crippen molar-refractivity contribution in [3.8, 4) is 28.1 Å². The number of nitrogens with one attached hydrogen (secondary N) is 1. The van der Waals surface area contributed by atoms with E-state index in [1.807, 2.05) is 26.0 Å². The fourth-order valence-electron chi connectivity index (χ4n) is 4.04. The quantitative estimate of drug-likeness (QED) is 0.403. The topological polar surface area (TPSA) is 56.2 Å². The summed E-state index contributed by atoms with van der Waals surface area (Å²) in [4.78, 5) is 13.0. The highest BCUT2D eigenvalue weighted by atomic mass is 19.1. The fourth-order valence-corrected chi connectivity index (χ4v) is 4.04. The lowest BCUT2D eigenvalue weighted by atomic mass is 10.0. The van der Waals surface area contributed by atoms with E-state index < -0.39 is 11.8 Å². The van der Waals surface area contributed by atoms with Crippen molar-refractivity contribution in [3.63, 3.8) is 0 Å². The number of carbonyl (C=O) groups excluding carboxylic acids is 1. The molecule has 1 amide bonds. The molecule has 0 saturated carbocycles. The van der Waals surface area contributed by atoms with Crippen molar-refractivity contribution >= 4 is 11.7 Å². The number of anilines is 1. The Kier molecular flexibility index (Phi) is 4.96. The van der Waals surface area contributed by atoms with Crippen LogP contribution < -0.4 is 10.1 Å². The molecule has 33 heavy (non-hydrogen) atoms. The SMILES string of the molecule is CC1(C)Cc2cc(NC(=O)n3cc(-c4ccc(F)cc4)c(-c4cccc(F)c4)n3)ccc2O1. The molecule has 166 valence electrons. The van der Waals surface area contributed by atoms with Crippen molar-refractivity contribution in [1.29, 1.82) is 0 Å². The van der Waals surface area contributed by atoms with Crippen LogP contribution in [0.5, 0.6) is 5.75 Å². The Balaban J connectivity index is 1.49. The number of hydrogen-bond acceptors (Lipinski definition) is 3. The second-order valence-electron chi connectivity index (χ2n) is 8.64. The van der Waals surface area contributed by atoms with Gasteiger partial charge in [-0.3, -0.25) is 0 Å². The van der Waals surface area contributed by atoms with Crippen LogP contribution in [0.4, 0.5) is 19.3 Å². The standard InChI is InChI=1S/C26H21F2N3O2/c1-26(2)14-18-13-21(10-11-23(18)33-26)29-25(32)31-15-22(16-6-8-19(27)9-7-16)24(30-31)17-4-3-5-20(28)12-17/h3-13,15H,14H2,1-2H3,(H,29,32). The molecule has 0 aliphatic carbocycles. The van der Waals surface area contributed by atoms with Crippen molar-refractivity contribution in [2.24, 2.45) is 0 Å². The van der Waals surface area contributed by atoms with Crippen LogP contribution in [-0.2, 0) is 6.42 Å². The Labute approximate surface area is 189 Å². The van der Waals surface area contributed by atoms with Crippen molar-refractivity contribution in [2.45, 2.75) is 25.9 Å². The van der Waals surface area contributed by atoms with Gasteiger partial charge in [0.2, 0.25) is 0 Å². The van der Waals surface area contributed by atoms with E-state index in [4.69, 9.17) is 4.74 Å². The molecule has 0 unspecified atom stereocenters. The molecular weight excluding hydrogens is 424 g/mol. The highest BCUT2D eigenvalue weighted by Crippen LogP contribution is 2.36. The molecule has 1 N–H and O–H groups in total. The van der Waals surface area contributed by atoms with Gasteiger partial charge in [-0.25, -0.2) is 13.6 Å². The normalized spacial score (nSPS) is 13.9. The molecule has 0 bridgehead atoms. The zero-order valence-corrected chi connectivity index (χ0v) is 18.1. The second-order valence-corrected chi connectivity index (χ2v) is 8.64. The van der Waals surface area contributed by atoms with Gasteiger partial charge >= 0.3 is 6.03 Å². The zero-order chi connectivity index (χ0) is 23.2. The molecule has 5 rings (SSSR count). The van der Waals surface area contributed by atoms with E-state index in [0.29, 0.717) is 28.1 Å². The van der Waals surface area contributed by atoms with Crippen LogP contribution in [0.1, 0.15) is 19.4 Å². The smallest absolute Gasteiger partial charge is 0.346 e. The average molecular weight is 445 g/mol. The predicted octanol–water partition coefficient (Wildman–Crippen LogP) is 6.29. The summed E-state index contributed by atoms with van der Waals surface area (Å²) >= 11 is 0. The van der Waals surface area contributed by atoms with Gasteiger partial charge in [0.25, 0.3) is 0 Å². The number of hydrogen-bond donors (Lipinski definition) is 1. The molecule has 7 heteroatoms.